The molecule has 4 rings (SSSR count). The summed E-state index contributed by atoms with van der Waals surface area (Å²) in [5, 5.41) is 27.4. The number of fused-ring (bicyclic) bond motifs is 1. The number of carboxylic acid groups (broad SMARTS) is 1. The zero-order valence-electron chi connectivity index (χ0n) is 16.3. The quantitative estimate of drug-likeness (QED) is 0.0804. The molecule has 0 spiro atoms. The summed E-state index contributed by atoms with van der Waals surface area (Å²) in [6.45, 7) is 0. The Kier molecular flexibility index (Phi) is 8.18. The molecule has 32 heavy (non-hydrogen) atoms. The fourth-order valence-corrected chi connectivity index (χ4v) is 6.45. The van der Waals surface area contributed by atoms with Crippen molar-refractivity contribution in [3.05, 3.63) is 28.7 Å². The van der Waals surface area contributed by atoms with Crippen LogP contribution in [0.4, 0.5) is 5.13 Å². The van der Waals surface area contributed by atoms with Crippen LogP contribution in [0.1, 0.15) is 5.69 Å². The maximum absolute atomic E-state index is 12.7. The van der Waals surface area contributed by atoms with Gasteiger partial charge in [0, 0.05) is 16.9 Å². The van der Waals surface area contributed by atoms with E-state index in [0.29, 0.717) is 21.4 Å². The molecule has 0 radical (unpaired) electrons. The van der Waals surface area contributed by atoms with Crippen LogP contribution in [0.2, 0.25) is 0 Å². The fraction of sp³-hybridized carbons (Fsp3) is 0.267. The van der Waals surface area contributed by atoms with E-state index in [1.807, 2.05) is 0 Å². The molecule has 4 N–H and O–H groups in total. The number of nitrogens with zero attached hydrogens (tertiary/aromatic N) is 5. The number of hydrogen-bond acceptors (Lipinski definition) is 14. The molecule has 1 unspecified atom stereocenters. The van der Waals surface area contributed by atoms with E-state index >= 15 is 0 Å². The zero-order valence-corrected chi connectivity index (χ0v) is 21.5. The SMILES string of the molecule is Nc1nc(C(=NO)C(=O)NC2C(=O)N3C(C(=O)[O-])=C(CSc4ncns4)CS[C@H]23)cs1.[Na+]. The molecule has 1 saturated heterocycles. The van der Waals surface area contributed by atoms with Crippen LogP contribution in [0.3, 0.4) is 0 Å². The third kappa shape index (κ3) is 4.80. The number of anilines is 1. The number of carbonyl (C=O) groups is 3. The Morgan fingerprint density at radius 1 is 1.47 bits per heavy atom. The van der Waals surface area contributed by atoms with E-state index in [0.717, 1.165) is 16.2 Å². The van der Waals surface area contributed by atoms with Gasteiger partial charge in [0.1, 0.15) is 23.4 Å². The summed E-state index contributed by atoms with van der Waals surface area (Å²) in [4.78, 5) is 46.0. The largest absolute Gasteiger partial charge is 1.00 e. The van der Waals surface area contributed by atoms with Gasteiger partial charge in [0.05, 0.1) is 11.7 Å². The molecule has 162 valence electrons. The van der Waals surface area contributed by atoms with Crippen molar-refractivity contribution >= 4 is 75.0 Å². The van der Waals surface area contributed by atoms with Crippen LogP contribution in [0, 0.1) is 0 Å². The summed E-state index contributed by atoms with van der Waals surface area (Å²) in [6.07, 6.45) is 1.41. The van der Waals surface area contributed by atoms with Gasteiger partial charge >= 0.3 is 29.6 Å². The summed E-state index contributed by atoms with van der Waals surface area (Å²) < 4.78 is 4.57. The molecular formula is C15H12N7NaO5S4. The first-order valence-electron chi connectivity index (χ1n) is 8.42. The first kappa shape index (κ1) is 24.9. The van der Waals surface area contributed by atoms with Gasteiger partial charge in [0.25, 0.3) is 11.8 Å². The molecule has 2 aliphatic heterocycles. The second-order valence-corrected chi connectivity index (χ2v) is 10.1. The third-order valence-corrected chi connectivity index (χ3v) is 8.21. The van der Waals surface area contributed by atoms with Crippen molar-refractivity contribution in [1.82, 2.24) is 24.6 Å². The van der Waals surface area contributed by atoms with E-state index in [1.165, 1.54) is 46.8 Å². The minimum atomic E-state index is -1.47. The van der Waals surface area contributed by atoms with Crippen molar-refractivity contribution < 1.29 is 54.3 Å². The van der Waals surface area contributed by atoms with Gasteiger partial charge in [-0.25, -0.2) is 9.97 Å². The fourth-order valence-electron chi connectivity index (χ4n) is 2.98. The van der Waals surface area contributed by atoms with Gasteiger partial charge < -0.3 is 26.2 Å². The van der Waals surface area contributed by atoms with Gasteiger partial charge in [0.15, 0.2) is 15.2 Å². The first-order chi connectivity index (χ1) is 14.9. The average molecular weight is 522 g/mol. The Hall–Kier alpha value is -1.69. The van der Waals surface area contributed by atoms with Crippen LogP contribution < -0.4 is 45.7 Å². The number of thioether (sulfide) groups is 2. The van der Waals surface area contributed by atoms with E-state index in [9.17, 15) is 24.7 Å². The summed E-state index contributed by atoms with van der Waals surface area (Å²) in [5.41, 5.74) is 5.53. The van der Waals surface area contributed by atoms with Crippen LogP contribution in [-0.4, -0.2) is 70.9 Å². The van der Waals surface area contributed by atoms with Crippen molar-refractivity contribution in [3.63, 3.8) is 0 Å². The number of carbonyl (C=O) groups excluding carboxylic acids is 3. The van der Waals surface area contributed by atoms with Gasteiger partial charge in [0.2, 0.25) is 0 Å². The number of nitrogen functional groups attached to an aromatic ring is 1. The number of aromatic nitrogens is 3. The van der Waals surface area contributed by atoms with Crippen LogP contribution in [0.25, 0.3) is 0 Å². The van der Waals surface area contributed by atoms with E-state index < -0.39 is 34.9 Å². The normalized spacial score (nSPS) is 20.3. The summed E-state index contributed by atoms with van der Waals surface area (Å²) in [6, 6.07) is -0.989. The smallest absolute Gasteiger partial charge is 0.543 e. The van der Waals surface area contributed by atoms with Crippen LogP contribution in [0.5, 0.6) is 0 Å². The number of oxime groups is 1. The average Bonchev–Trinajstić information content (AvgIpc) is 3.42. The van der Waals surface area contributed by atoms with Crippen LogP contribution in [-0.2, 0) is 14.4 Å². The van der Waals surface area contributed by atoms with E-state index in [1.54, 1.807) is 0 Å². The molecule has 2 aliphatic rings. The monoisotopic (exact) mass is 521 g/mol. The number of aliphatic carboxylic acids is 1. The molecule has 4 heterocycles. The van der Waals surface area contributed by atoms with Crippen LogP contribution in [0.15, 0.2) is 32.5 Å². The van der Waals surface area contributed by atoms with Gasteiger partial charge in [-0.2, -0.15) is 4.37 Å². The molecule has 1 fully saturated rings. The van der Waals surface area contributed by atoms with Crippen molar-refractivity contribution in [2.75, 3.05) is 17.2 Å². The molecule has 0 bridgehead atoms. The topological polar surface area (TPSA) is 187 Å². The van der Waals surface area contributed by atoms with Crippen LogP contribution >= 0.6 is 46.4 Å². The number of hydrogen-bond donors (Lipinski definition) is 3. The number of nitrogens with one attached hydrogen (secondary N) is 1. The van der Waals surface area contributed by atoms with Crippen molar-refractivity contribution in [1.29, 1.82) is 0 Å². The second-order valence-electron chi connectivity index (χ2n) is 6.12. The Morgan fingerprint density at radius 2 is 2.25 bits per heavy atom. The van der Waals surface area contributed by atoms with Gasteiger partial charge in [-0.15, -0.1) is 23.1 Å². The Labute approximate surface area is 219 Å². The predicted octanol–water partition coefficient (Wildman–Crippen LogP) is -4.04. The van der Waals surface area contributed by atoms with Crippen molar-refractivity contribution in [2.24, 2.45) is 5.16 Å². The molecule has 0 saturated carbocycles. The number of amides is 2. The molecule has 17 heteroatoms. The maximum atomic E-state index is 12.7. The van der Waals surface area contributed by atoms with E-state index in [4.69, 9.17) is 5.73 Å². The number of β-lactam (4-membered cyclic amide) rings is 1. The Bertz CT molecular complexity index is 1110. The van der Waals surface area contributed by atoms with E-state index in [-0.39, 0.29) is 46.1 Å². The number of carboxylic acids is 1. The summed E-state index contributed by atoms with van der Waals surface area (Å²) in [5.74, 6) is -2.25. The maximum Gasteiger partial charge on any atom is 1.00 e. The molecule has 2 amide bonds. The molecule has 0 aliphatic carbocycles. The first-order valence-corrected chi connectivity index (χ1v) is 12.1. The number of thiazole rings is 1. The summed E-state index contributed by atoms with van der Waals surface area (Å²) >= 11 is 4.87. The molecule has 12 nitrogen and oxygen atoms in total. The van der Waals surface area contributed by atoms with Gasteiger partial charge in [-0.05, 0) is 17.1 Å². The van der Waals surface area contributed by atoms with Gasteiger partial charge in [-0.1, -0.05) is 16.9 Å². The molecule has 0 aromatic carbocycles. The zero-order chi connectivity index (χ0) is 22.1. The number of rotatable bonds is 7. The molecule has 2 aromatic heterocycles. The minimum absolute atomic E-state index is 0. The van der Waals surface area contributed by atoms with E-state index in [2.05, 4.69) is 24.8 Å². The Morgan fingerprint density at radius 3 is 2.84 bits per heavy atom. The van der Waals surface area contributed by atoms with Crippen molar-refractivity contribution in [3.8, 4) is 0 Å². The van der Waals surface area contributed by atoms with Gasteiger partial charge in [-0.3, -0.25) is 14.5 Å². The minimum Gasteiger partial charge on any atom is -0.543 e. The Balaban J connectivity index is 0.00000289. The summed E-state index contributed by atoms with van der Waals surface area (Å²) in [7, 11) is 0. The third-order valence-electron chi connectivity index (χ3n) is 4.32. The van der Waals surface area contributed by atoms with Crippen molar-refractivity contribution in [2.45, 2.75) is 15.8 Å². The molecule has 2 atom stereocenters. The number of nitrogens with two attached hydrogens (primary N) is 1. The second kappa shape index (κ2) is 10.5. The molecule has 2 aromatic rings. The predicted molar refractivity (Wildman–Crippen MR) is 113 cm³/mol. The standard InChI is InChI=1S/C15H13N7O5S4.Na/c16-14-19-6(3-29-14)7(21-27)10(23)20-8-11(24)22-9(13(25)26)5(1-28-12(8)22)2-30-15-17-4-18-31-15;/h3-4,8,12,27H,1-2H2,(H2,16,19)(H,20,23)(H,25,26);/q;+1/p-1/t8?,12-;/m1./s1. The molecular weight excluding hydrogens is 509 g/mol.